The summed E-state index contributed by atoms with van der Waals surface area (Å²) in [6.07, 6.45) is 7.46. The third-order valence-electron chi connectivity index (χ3n) is 4.67. The molecule has 2 rings (SSSR count). The van der Waals surface area contributed by atoms with Crippen molar-refractivity contribution >= 4 is 5.91 Å². The van der Waals surface area contributed by atoms with Crippen molar-refractivity contribution < 1.29 is 4.79 Å². The highest BCUT2D eigenvalue weighted by molar-refractivity contribution is 5.78. The monoisotopic (exact) mass is 253 g/mol. The first kappa shape index (κ1) is 13.8. The molecule has 1 heterocycles. The van der Waals surface area contributed by atoms with Gasteiger partial charge in [0, 0.05) is 25.2 Å². The molecule has 1 aliphatic heterocycles. The summed E-state index contributed by atoms with van der Waals surface area (Å²) in [5, 5.41) is 3.37. The van der Waals surface area contributed by atoms with Gasteiger partial charge in [-0.15, -0.1) is 0 Å². The molecule has 0 spiro atoms. The molecule has 0 aromatic rings. The van der Waals surface area contributed by atoms with Crippen molar-refractivity contribution in [3.05, 3.63) is 0 Å². The predicted molar refractivity (Wildman–Crippen MR) is 73.6 cm³/mol. The Morgan fingerprint density at radius 3 is 2.33 bits per heavy atom. The van der Waals surface area contributed by atoms with Gasteiger partial charge in [0.2, 0.25) is 5.91 Å². The van der Waals surface area contributed by atoms with Crippen LogP contribution in [0, 0.1) is 0 Å². The molecule has 0 aromatic heterocycles. The Labute approximate surface area is 111 Å². The van der Waals surface area contributed by atoms with Gasteiger partial charge in [0.15, 0.2) is 0 Å². The number of hydrogen-bond donors (Lipinski definition) is 1. The van der Waals surface area contributed by atoms with Crippen LogP contribution in [-0.4, -0.2) is 61.5 Å². The molecule has 18 heavy (non-hydrogen) atoms. The van der Waals surface area contributed by atoms with Gasteiger partial charge in [0.05, 0.1) is 6.54 Å². The molecule has 4 heteroatoms. The van der Waals surface area contributed by atoms with Crippen LogP contribution in [0.25, 0.3) is 0 Å². The maximum Gasteiger partial charge on any atom is 0.236 e. The first-order valence-electron chi connectivity index (χ1n) is 7.30. The van der Waals surface area contributed by atoms with Crippen LogP contribution in [0.2, 0.25) is 0 Å². The van der Waals surface area contributed by atoms with Crippen LogP contribution in [0.4, 0.5) is 0 Å². The van der Waals surface area contributed by atoms with E-state index in [1.54, 1.807) is 0 Å². The lowest BCUT2D eigenvalue weighted by molar-refractivity contribution is -0.131. The average Bonchev–Trinajstić information content (AvgIpc) is 2.33. The fourth-order valence-corrected chi connectivity index (χ4v) is 3.02. The zero-order valence-electron chi connectivity index (χ0n) is 11.9. The lowest BCUT2D eigenvalue weighted by Gasteiger charge is -2.47. The number of nitrogens with zero attached hydrogens (tertiary/aromatic N) is 2. The number of likely N-dealkylation sites (tertiary alicyclic amines) is 1. The quantitative estimate of drug-likeness (QED) is 0.796. The summed E-state index contributed by atoms with van der Waals surface area (Å²) in [6, 6.07) is 0. The fraction of sp³-hybridized carbons (Fsp3) is 0.929. The summed E-state index contributed by atoms with van der Waals surface area (Å²) >= 11 is 0. The number of piperidine rings is 1. The molecule has 1 amide bonds. The summed E-state index contributed by atoms with van der Waals surface area (Å²) in [7, 11) is 4.29. The zero-order chi connectivity index (χ0) is 13.0. The highest BCUT2D eigenvalue weighted by Gasteiger charge is 2.38. The highest BCUT2D eigenvalue weighted by Crippen LogP contribution is 2.35. The molecule has 0 radical (unpaired) electrons. The molecule has 0 bridgehead atoms. The minimum absolute atomic E-state index is 0.280. The van der Waals surface area contributed by atoms with E-state index >= 15 is 0 Å². The smallest absolute Gasteiger partial charge is 0.236 e. The van der Waals surface area contributed by atoms with E-state index in [9.17, 15) is 4.79 Å². The molecule has 4 nitrogen and oxygen atoms in total. The minimum Gasteiger partial charge on any atom is -0.342 e. The molecule has 104 valence electrons. The van der Waals surface area contributed by atoms with Crippen molar-refractivity contribution in [2.45, 2.75) is 44.1 Å². The highest BCUT2D eigenvalue weighted by atomic mass is 16.2. The first-order chi connectivity index (χ1) is 8.64. The Morgan fingerprint density at radius 1 is 1.17 bits per heavy atom. The van der Waals surface area contributed by atoms with E-state index in [-0.39, 0.29) is 5.91 Å². The molecule has 1 N–H and O–H groups in total. The van der Waals surface area contributed by atoms with Crippen molar-refractivity contribution in [1.82, 2.24) is 15.1 Å². The number of carbonyl (C=O) groups is 1. The summed E-state index contributed by atoms with van der Waals surface area (Å²) in [5.41, 5.74) is 0.308. The maximum atomic E-state index is 12.0. The van der Waals surface area contributed by atoms with Gasteiger partial charge in [-0.2, -0.15) is 0 Å². The van der Waals surface area contributed by atoms with Crippen molar-refractivity contribution in [2.24, 2.45) is 0 Å². The van der Waals surface area contributed by atoms with E-state index < -0.39 is 0 Å². The average molecular weight is 253 g/mol. The summed E-state index contributed by atoms with van der Waals surface area (Å²) < 4.78 is 0. The molecule has 0 unspecified atom stereocenters. The van der Waals surface area contributed by atoms with Crippen LogP contribution < -0.4 is 5.32 Å². The number of hydrogen-bond acceptors (Lipinski definition) is 3. The Morgan fingerprint density at radius 2 is 1.83 bits per heavy atom. The van der Waals surface area contributed by atoms with Gasteiger partial charge in [-0.3, -0.25) is 4.79 Å². The number of likely N-dealkylation sites (N-methyl/N-ethyl adjacent to an activating group) is 1. The van der Waals surface area contributed by atoms with Gasteiger partial charge in [0.25, 0.3) is 0 Å². The van der Waals surface area contributed by atoms with Gasteiger partial charge in [-0.05, 0) is 52.6 Å². The Balaban J connectivity index is 1.69. The second-order valence-electron chi connectivity index (χ2n) is 6.02. The Bertz CT molecular complexity index is 281. The summed E-state index contributed by atoms with van der Waals surface area (Å²) in [6.45, 7) is 3.37. The maximum absolute atomic E-state index is 12.0. The third-order valence-corrected chi connectivity index (χ3v) is 4.67. The van der Waals surface area contributed by atoms with Gasteiger partial charge in [-0.25, -0.2) is 0 Å². The van der Waals surface area contributed by atoms with Crippen LogP contribution in [-0.2, 0) is 4.79 Å². The largest absolute Gasteiger partial charge is 0.342 e. The van der Waals surface area contributed by atoms with Gasteiger partial charge < -0.3 is 15.1 Å². The van der Waals surface area contributed by atoms with Gasteiger partial charge in [0.1, 0.15) is 0 Å². The molecule has 1 saturated carbocycles. The number of carbonyl (C=O) groups excluding carboxylic acids is 1. The minimum atomic E-state index is 0.280. The van der Waals surface area contributed by atoms with Crippen LogP contribution in [0.3, 0.4) is 0 Å². The lowest BCUT2D eigenvalue weighted by atomic mass is 9.75. The topological polar surface area (TPSA) is 35.6 Å². The molecule has 2 fully saturated rings. The van der Waals surface area contributed by atoms with Crippen LogP contribution >= 0.6 is 0 Å². The SMILES string of the molecule is CN(C)C1(CNCC(=O)N2CCCCC2)CCC1. The van der Waals surface area contributed by atoms with E-state index in [0.717, 1.165) is 19.6 Å². The Hall–Kier alpha value is -0.610. The van der Waals surface area contributed by atoms with Crippen molar-refractivity contribution in [2.75, 3.05) is 40.3 Å². The fourth-order valence-electron chi connectivity index (χ4n) is 3.02. The van der Waals surface area contributed by atoms with Crippen LogP contribution in [0.1, 0.15) is 38.5 Å². The molecular formula is C14H27N3O. The first-order valence-corrected chi connectivity index (χ1v) is 7.30. The molecular weight excluding hydrogens is 226 g/mol. The van der Waals surface area contributed by atoms with Crippen LogP contribution in [0.5, 0.6) is 0 Å². The van der Waals surface area contributed by atoms with E-state index in [4.69, 9.17) is 0 Å². The van der Waals surface area contributed by atoms with Gasteiger partial charge >= 0.3 is 0 Å². The van der Waals surface area contributed by atoms with Crippen molar-refractivity contribution in [3.8, 4) is 0 Å². The summed E-state index contributed by atoms with van der Waals surface area (Å²) in [5.74, 6) is 0.280. The van der Waals surface area contributed by atoms with E-state index in [0.29, 0.717) is 12.1 Å². The van der Waals surface area contributed by atoms with Crippen LogP contribution in [0.15, 0.2) is 0 Å². The second kappa shape index (κ2) is 6.02. The lowest BCUT2D eigenvalue weighted by Crippen LogP contribution is -2.57. The second-order valence-corrected chi connectivity index (χ2v) is 6.02. The standard InChI is InChI=1S/C14H27N3O/c1-16(2)14(7-6-8-14)12-15-11-13(18)17-9-4-3-5-10-17/h15H,3-12H2,1-2H3. The molecule has 0 atom stereocenters. The van der Waals surface area contributed by atoms with E-state index in [1.165, 1.54) is 38.5 Å². The molecule has 1 saturated heterocycles. The molecule has 2 aliphatic rings. The van der Waals surface area contributed by atoms with Crippen molar-refractivity contribution in [3.63, 3.8) is 0 Å². The van der Waals surface area contributed by atoms with E-state index in [1.807, 2.05) is 4.90 Å². The molecule has 0 aromatic carbocycles. The van der Waals surface area contributed by atoms with Crippen molar-refractivity contribution in [1.29, 1.82) is 0 Å². The predicted octanol–water partition coefficient (Wildman–Crippen LogP) is 1.07. The van der Waals surface area contributed by atoms with Gasteiger partial charge in [-0.1, -0.05) is 0 Å². The number of amides is 1. The van der Waals surface area contributed by atoms with E-state index in [2.05, 4.69) is 24.3 Å². The normalized spacial score (nSPS) is 22.9. The number of nitrogens with one attached hydrogen (secondary N) is 1. The number of rotatable bonds is 5. The Kier molecular flexibility index (Phi) is 4.62. The molecule has 1 aliphatic carbocycles. The summed E-state index contributed by atoms with van der Waals surface area (Å²) in [4.78, 5) is 16.3. The third kappa shape index (κ3) is 3.04. The zero-order valence-corrected chi connectivity index (χ0v) is 11.9.